The first-order chi connectivity index (χ1) is 9.00. The first-order valence-corrected chi connectivity index (χ1v) is 7.43. The molecule has 6 nitrogen and oxygen atoms in total. The van der Waals surface area contributed by atoms with Gasteiger partial charge in [0.2, 0.25) is 5.91 Å². The van der Waals surface area contributed by atoms with Crippen molar-refractivity contribution < 1.29 is 19.5 Å². The maximum Gasteiger partial charge on any atom is 0.308 e. The molecule has 1 N–H and O–H groups in total. The van der Waals surface area contributed by atoms with Crippen molar-refractivity contribution in [3.05, 3.63) is 0 Å². The van der Waals surface area contributed by atoms with Gasteiger partial charge in [-0.2, -0.15) is 0 Å². The van der Waals surface area contributed by atoms with Gasteiger partial charge in [0.1, 0.15) is 6.54 Å². The van der Waals surface area contributed by atoms with Crippen LogP contribution in [0.1, 0.15) is 19.8 Å². The highest BCUT2D eigenvalue weighted by atomic mass is 32.2. The van der Waals surface area contributed by atoms with Crippen LogP contribution in [-0.4, -0.2) is 63.5 Å². The van der Waals surface area contributed by atoms with Crippen molar-refractivity contribution in [1.82, 2.24) is 9.80 Å². The lowest BCUT2D eigenvalue weighted by Crippen LogP contribution is -2.52. The van der Waals surface area contributed by atoms with E-state index in [1.54, 1.807) is 11.8 Å². The molecule has 0 saturated carbocycles. The normalized spacial score (nSPS) is 27.7. The predicted molar refractivity (Wildman–Crippen MR) is 71.0 cm³/mol. The molecule has 0 bridgehead atoms. The van der Waals surface area contributed by atoms with Gasteiger partial charge in [-0.15, -0.1) is 0 Å². The Kier molecular flexibility index (Phi) is 4.34. The molecule has 2 atom stereocenters. The summed E-state index contributed by atoms with van der Waals surface area (Å²) in [5.41, 5.74) is 0. The highest BCUT2D eigenvalue weighted by Gasteiger charge is 2.36. The van der Waals surface area contributed by atoms with E-state index in [1.165, 1.54) is 16.7 Å². The number of rotatable bonds is 3. The van der Waals surface area contributed by atoms with Crippen LogP contribution in [-0.2, 0) is 9.59 Å². The molecule has 19 heavy (non-hydrogen) atoms. The van der Waals surface area contributed by atoms with Crippen LogP contribution in [0.3, 0.4) is 0 Å². The van der Waals surface area contributed by atoms with Gasteiger partial charge in [0.05, 0.1) is 5.92 Å². The van der Waals surface area contributed by atoms with E-state index in [0.717, 1.165) is 5.75 Å². The van der Waals surface area contributed by atoms with Gasteiger partial charge in [0.25, 0.3) is 5.24 Å². The lowest BCUT2D eigenvalue weighted by atomic mass is 9.90. The van der Waals surface area contributed by atoms with Crippen LogP contribution in [0.25, 0.3) is 0 Å². The molecular weight excluding hydrogens is 268 g/mol. The third-order valence-corrected chi connectivity index (χ3v) is 4.69. The number of thioether (sulfide) groups is 1. The van der Waals surface area contributed by atoms with Gasteiger partial charge in [0, 0.05) is 24.9 Å². The number of hydrogen-bond acceptors (Lipinski definition) is 4. The summed E-state index contributed by atoms with van der Waals surface area (Å²) in [4.78, 5) is 37.9. The molecule has 0 unspecified atom stereocenters. The molecule has 2 rings (SSSR count). The van der Waals surface area contributed by atoms with Crippen molar-refractivity contribution in [2.24, 2.45) is 5.92 Å². The summed E-state index contributed by atoms with van der Waals surface area (Å²) in [5, 5.41) is 9.07. The van der Waals surface area contributed by atoms with Crippen LogP contribution in [0.4, 0.5) is 4.79 Å². The van der Waals surface area contributed by atoms with Crippen LogP contribution < -0.4 is 0 Å². The molecule has 106 valence electrons. The molecule has 2 saturated heterocycles. The number of nitrogens with zero attached hydrogens (tertiary/aromatic N) is 2. The Bertz CT molecular complexity index is 401. The lowest BCUT2D eigenvalue weighted by molar-refractivity contribution is -0.149. The molecular formula is C12H18N2O4S. The summed E-state index contributed by atoms with van der Waals surface area (Å²) in [5.74, 6) is -0.771. The van der Waals surface area contributed by atoms with Crippen LogP contribution in [0.15, 0.2) is 0 Å². The fourth-order valence-corrected chi connectivity index (χ4v) is 3.47. The van der Waals surface area contributed by atoms with Crippen molar-refractivity contribution in [1.29, 1.82) is 0 Å². The molecule has 2 aliphatic heterocycles. The van der Waals surface area contributed by atoms with Gasteiger partial charge < -0.3 is 14.9 Å². The second-order valence-electron chi connectivity index (χ2n) is 4.95. The molecule has 0 aromatic rings. The maximum atomic E-state index is 12.2. The average molecular weight is 286 g/mol. The number of carbonyl (C=O) groups is 3. The van der Waals surface area contributed by atoms with E-state index >= 15 is 0 Å². The summed E-state index contributed by atoms with van der Waals surface area (Å²) in [6.45, 7) is 3.03. The topological polar surface area (TPSA) is 77.9 Å². The minimum absolute atomic E-state index is 0.0622. The number of likely N-dealkylation sites (tertiary alicyclic amines) is 1. The number of carboxylic acids is 1. The first kappa shape index (κ1) is 14.2. The monoisotopic (exact) mass is 286 g/mol. The number of piperidine rings is 1. The third kappa shape index (κ3) is 3.02. The molecule has 2 fully saturated rings. The standard InChI is InChI=1S/C12H18N2O4S/c1-8-9(11(16)17)3-2-4-14(8)10(15)7-13-5-6-19-12(13)18/h8-9H,2-7H2,1H3,(H,16,17)/t8-,9-/m1/s1. The van der Waals surface area contributed by atoms with Gasteiger partial charge in [-0.1, -0.05) is 11.8 Å². The molecule has 2 heterocycles. The van der Waals surface area contributed by atoms with E-state index in [9.17, 15) is 14.4 Å². The molecule has 7 heteroatoms. The van der Waals surface area contributed by atoms with Crippen molar-refractivity contribution >= 4 is 28.9 Å². The van der Waals surface area contributed by atoms with Crippen molar-refractivity contribution in [2.75, 3.05) is 25.4 Å². The van der Waals surface area contributed by atoms with E-state index in [1.807, 2.05) is 0 Å². The Morgan fingerprint density at radius 2 is 2.16 bits per heavy atom. The fraction of sp³-hybridized carbons (Fsp3) is 0.750. The summed E-state index contributed by atoms with van der Waals surface area (Å²) < 4.78 is 0. The number of carbonyl (C=O) groups excluding carboxylic acids is 2. The van der Waals surface area contributed by atoms with E-state index < -0.39 is 11.9 Å². The second-order valence-corrected chi connectivity index (χ2v) is 6.00. The first-order valence-electron chi connectivity index (χ1n) is 6.44. The van der Waals surface area contributed by atoms with Gasteiger partial charge in [0.15, 0.2) is 0 Å². The Balaban J connectivity index is 1.98. The van der Waals surface area contributed by atoms with Crippen LogP contribution in [0, 0.1) is 5.92 Å². The number of aliphatic carboxylic acids is 1. The molecule has 0 radical (unpaired) electrons. The SMILES string of the molecule is C[C@@H]1[C@H](C(=O)O)CCCN1C(=O)CN1CCSC1=O. The van der Waals surface area contributed by atoms with E-state index in [-0.39, 0.29) is 23.7 Å². The fourth-order valence-electron chi connectivity index (χ4n) is 2.65. The van der Waals surface area contributed by atoms with E-state index in [2.05, 4.69) is 0 Å². The Morgan fingerprint density at radius 1 is 1.42 bits per heavy atom. The van der Waals surface area contributed by atoms with Crippen molar-refractivity contribution in [2.45, 2.75) is 25.8 Å². The Hall–Kier alpha value is -1.24. The Labute approximate surface area is 116 Å². The number of amides is 2. The molecule has 2 aliphatic rings. The number of carboxylic acid groups (broad SMARTS) is 1. The van der Waals surface area contributed by atoms with E-state index in [4.69, 9.17) is 5.11 Å². The van der Waals surface area contributed by atoms with Gasteiger partial charge in [-0.3, -0.25) is 14.4 Å². The average Bonchev–Trinajstić information content (AvgIpc) is 2.74. The predicted octanol–water partition coefficient (Wildman–Crippen LogP) is 0.867. The van der Waals surface area contributed by atoms with Crippen LogP contribution in [0.2, 0.25) is 0 Å². The van der Waals surface area contributed by atoms with Gasteiger partial charge >= 0.3 is 5.97 Å². The maximum absolute atomic E-state index is 12.2. The zero-order chi connectivity index (χ0) is 14.0. The summed E-state index contributed by atoms with van der Waals surface area (Å²) in [7, 11) is 0. The van der Waals surface area contributed by atoms with Gasteiger partial charge in [-0.05, 0) is 19.8 Å². The molecule has 0 aliphatic carbocycles. The lowest BCUT2D eigenvalue weighted by Gasteiger charge is -2.38. The highest BCUT2D eigenvalue weighted by molar-refractivity contribution is 8.13. The zero-order valence-corrected chi connectivity index (χ0v) is 11.7. The third-order valence-electron chi connectivity index (χ3n) is 3.80. The Morgan fingerprint density at radius 3 is 2.74 bits per heavy atom. The summed E-state index contributed by atoms with van der Waals surface area (Å²) >= 11 is 1.22. The smallest absolute Gasteiger partial charge is 0.308 e. The zero-order valence-electron chi connectivity index (χ0n) is 10.9. The molecule has 0 aromatic heterocycles. The second kappa shape index (κ2) is 5.81. The molecule has 0 spiro atoms. The van der Waals surface area contributed by atoms with Crippen LogP contribution in [0.5, 0.6) is 0 Å². The molecule has 2 amide bonds. The number of hydrogen-bond donors (Lipinski definition) is 1. The largest absolute Gasteiger partial charge is 0.481 e. The highest BCUT2D eigenvalue weighted by Crippen LogP contribution is 2.24. The van der Waals surface area contributed by atoms with Crippen molar-refractivity contribution in [3.8, 4) is 0 Å². The minimum Gasteiger partial charge on any atom is -0.481 e. The quantitative estimate of drug-likeness (QED) is 0.833. The van der Waals surface area contributed by atoms with E-state index in [0.29, 0.717) is 25.9 Å². The van der Waals surface area contributed by atoms with Gasteiger partial charge in [-0.25, -0.2) is 0 Å². The summed E-state index contributed by atoms with van der Waals surface area (Å²) in [6.07, 6.45) is 1.31. The van der Waals surface area contributed by atoms with Crippen LogP contribution >= 0.6 is 11.8 Å². The summed E-state index contributed by atoms with van der Waals surface area (Å²) in [6, 6.07) is -0.302. The van der Waals surface area contributed by atoms with Crippen molar-refractivity contribution in [3.63, 3.8) is 0 Å². The minimum atomic E-state index is -0.849. The molecule has 0 aromatic carbocycles.